The molecule has 0 unspecified atom stereocenters. The monoisotopic (exact) mass is 645 g/mol. The maximum atomic E-state index is 15.3. The van der Waals surface area contributed by atoms with Crippen molar-refractivity contribution in [2.45, 2.75) is 45.3 Å². The highest BCUT2D eigenvalue weighted by molar-refractivity contribution is 6.33. The number of halogens is 4. The van der Waals surface area contributed by atoms with Crippen molar-refractivity contribution in [2.75, 3.05) is 30.0 Å². The van der Waals surface area contributed by atoms with Gasteiger partial charge in [-0.05, 0) is 25.8 Å². The summed E-state index contributed by atoms with van der Waals surface area (Å²) < 4.78 is 52.9. The van der Waals surface area contributed by atoms with E-state index in [0.29, 0.717) is 45.0 Å². The minimum atomic E-state index is -1.73. The van der Waals surface area contributed by atoms with Crippen LogP contribution in [-0.4, -0.2) is 61.8 Å². The number of rotatable bonds is 6. The average molecular weight is 646 g/mol. The van der Waals surface area contributed by atoms with Crippen LogP contribution in [0.25, 0.3) is 22.2 Å². The molecule has 5 heterocycles. The zero-order valence-electron chi connectivity index (χ0n) is 23.9. The van der Waals surface area contributed by atoms with Crippen LogP contribution in [-0.2, 0) is 29.0 Å². The summed E-state index contributed by atoms with van der Waals surface area (Å²) in [5, 5.41) is 12.0. The van der Waals surface area contributed by atoms with Crippen LogP contribution in [0.4, 0.5) is 24.7 Å². The molecule has 3 aromatic heterocycles. The fraction of sp³-hybridized carbons (Fsp3) is 0.345. The number of aryl methyl sites for hydroxylation is 1. The highest BCUT2D eigenvalue weighted by Gasteiger charge is 2.28. The number of nitrogens with zero attached hydrogens (tertiary/aromatic N) is 5. The Balaban J connectivity index is 1.43. The molecule has 0 aliphatic carbocycles. The van der Waals surface area contributed by atoms with Gasteiger partial charge in [-0.3, -0.25) is 19.0 Å². The molecule has 0 saturated carbocycles. The Hall–Kier alpha value is -4.63. The van der Waals surface area contributed by atoms with E-state index in [2.05, 4.69) is 15.3 Å². The second kappa shape index (κ2) is 11.7. The Kier molecular flexibility index (Phi) is 7.91. The third-order valence-corrected chi connectivity index (χ3v) is 8.34. The molecule has 1 fully saturated rings. The maximum absolute atomic E-state index is 15.3. The number of ether oxygens (including phenoxy) is 1. The highest BCUT2D eigenvalue weighted by atomic mass is 35.5. The molecule has 1 aromatic carbocycles. The SMILES string of the molecule is C[C@H]1COCCN1c1cc(NC(=O)Cn2cc(-c3cc(C(N)=O)c(O)c(F)c3F)c3c(=O)n4c(nc32)CCCC4)c(Cl)c(F)n1. The topological polar surface area (TPSA) is 158 Å². The minimum Gasteiger partial charge on any atom is -0.504 e. The molecule has 1 atom stereocenters. The summed E-state index contributed by atoms with van der Waals surface area (Å²) in [5.74, 6) is -6.77. The number of anilines is 2. The lowest BCUT2D eigenvalue weighted by molar-refractivity contribution is -0.116. The number of aromatic hydroxyl groups is 1. The number of morpholine rings is 1. The first-order valence-electron chi connectivity index (χ1n) is 14.1. The van der Waals surface area contributed by atoms with Crippen LogP contribution in [0.15, 0.2) is 23.1 Å². The van der Waals surface area contributed by atoms with Crippen molar-refractivity contribution in [1.82, 2.24) is 19.1 Å². The molecule has 45 heavy (non-hydrogen) atoms. The van der Waals surface area contributed by atoms with Gasteiger partial charge in [0.2, 0.25) is 17.7 Å². The van der Waals surface area contributed by atoms with Crippen molar-refractivity contribution in [3.8, 4) is 16.9 Å². The lowest BCUT2D eigenvalue weighted by Crippen LogP contribution is -2.44. The summed E-state index contributed by atoms with van der Waals surface area (Å²) in [6.45, 7) is 2.98. The molecule has 16 heteroatoms. The van der Waals surface area contributed by atoms with Crippen molar-refractivity contribution < 1.29 is 32.6 Å². The van der Waals surface area contributed by atoms with Gasteiger partial charge in [0.25, 0.3) is 11.5 Å². The van der Waals surface area contributed by atoms with Gasteiger partial charge in [-0.2, -0.15) is 8.78 Å². The van der Waals surface area contributed by atoms with E-state index >= 15 is 4.39 Å². The van der Waals surface area contributed by atoms with E-state index in [1.807, 2.05) is 11.8 Å². The molecule has 2 aliphatic heterocycles. The number of fused-ring (bicyclic) bond motifs is 2. The number of benzene rings is 1. The first-order valence-corrected chi connectivity index (χ1v) is 14.5. The Bertz CT molecular complexity index is 1950. The van der Waals surface area contributed by atoms with Gasteiger partial charge < -0.3 is 30.4 Å². The van der Waals surface area contributed by atoms with E-state index in [4.69, 9.17) is 22.1 Å². The van der Waals surface area contributed by atoms with E-state index in [0.717, 1.165) is 12.5 Å². The van der Waals surface area contributed by atoms with Crippen molar-refractivity contribution in [2.24, 2.45) is 5.73 Å². The number of amides is 2. The van der Waals surface area contributed by atoms with Crippen molar-refractivity contribution in [1.29, 1.82) is 0 Å². The number of hydrogen-bond donors (Lipinski definition) is 3. The Morgan fingerprint density at radius 2 is 1.93 bits per heavy atom. The molecule has 2 amide bonds. The van der Waals surface area contributed by atoms with Crippen LogP contribution in [0.2, 0.25) is 5.02 Å². The fourth-order valence-electron chi connectivity index (χ4n) is 5.75. The number of nitrogens with one attached hydrogen (secondary N) is 1. The van der Waals surface area contributed by atoms with Gasteiger partial charge in [-0.15, -0.1) is 0 Å². The number of nitrogens with two attached hydrogens (primary N) is 1. The lowest BCUT2D eigenvalue weighted by atomic mass is 10.0. The Morgan fingerprint density at radius 1 is 1.16 bits per heavy atom. The van der Waals surface area contributed by atoms with Crippen LogP contribution >= 0.6 is 11.6 Å². The molecule has 0 bridgehead atoms. The van der Waals surface area contributed by atoms with Gasteiger partial charge in [-0.25, -0.2) is 14.4 Å². The quantitative estimate of drug-likeness (QED) is 0.270. The lowest BCUT2D eigenvalue weighted by Gasteiger charge is -2.34. The first kappa shape index (κ1) is 30.4. The van der Waals surface area contributed by atoms with Crippen molar-refractivity contribution >= 4 is 46.0 Å². The third-order valence-electron chi connectivity index (χ3n) is 7.98. The summed E-state index contributed by atoms with van der Waals surface area (Å²) in [4.78, 5) is 49.3. The molecule has 1 saturated heterocycles. The molecule has 4 aromatic rings. The molecule has 6 rings (SSSR count). The van der Waals surface area contributed by atoms with Crippen molar-refractivity contribution in [3.63, 3.8) is 0 Å². The number of carbonyl (C=O) groups excluding carboxylic acids is 2. The maximum Gasteiger partial charge on any atom is 0.263 e. The molecule has 0 spiro atoms. The van der Waals surface area contributed by atoms with Crippen LogP contribution in [0.1, 0.15) is 35.9 Å². The van der Waals surface area contributed by atoms with E-state index in [-0.39, 0.29) is 34.1 Å². The van der Waals surface area contributed by atoms with Gasteiger partial charge in [0.1, 0.15) is 28.9 Å². The Morgan fingerprint density at radius 3 is 2.67 bits per heavy atom. The molecule has 4 N–H and O–H groups in total. The molecular formula is C29H27ClF3N7O5. The highest BCUT2D eigenvalue weighted by Crippen LogP contribution is 2.36. The first-order chi connectivity index (χ1) is 21.5. The van der Waals surface area contributed by atoms with Crippen LogP contribution in [0.3, 0.4) is 0 Å². The number of primary amides is 1. The van der Waals surface area contributed by atoms with Gasteiger partial charge in [0, 0.05) is 42.9 Å². The Labute approximate surface area is 258 Å². The molecule has 12 nitrogen and oxygen atoms in total. The largest absolute Gasteiger partial charge is 0.504 e. The van der Waals surface area contributed by atoms with Crippen molar-refractivity contribution in [3.05, 3.63) is 62.7 Å². The van der Waals surface area contributed by atoms with E-state index in [9.17, 15) is 28.3 Å². The predicted octanol–water partition coefficient (Wildman–Crippen LogP) is 3.34. The van der Waals surface area contributed by atoms with Gasteiger partial charge >= 0.3 is 0 Å². The summed E-state index contributed by atoms with van der Waals surface area (Å²) >= 11 is 6.16. The smallest absolute Gasteiger partial charge is 0.263 e. The minimum absolute atomic E-state index is 0.00152. The second-order valence-corrected chi connectivity index (χ2v) is 11.3. The number of pyridine rings is 1. The standard InChI is InChI=1S/C29H27ClF3N7O5/c1-13-12-45-7-6-39(13)19-9-17(22(30)26(33)36-19)35-20(41)11-38-10-16(14-8-15(27(34)43)25(42)24(32)23(14)31)21-28(38)37-18-4-2-3-5-40(18)29(21)44/h8-10,13,42H,2-7,11-12H2,1H3,(H2,34,43)(H,35,36,41)/t13-/m0/s1. The summed E-state index contributed by atoms with van der Waals surface area (Å²) in [7, 11) is 0. The number of aromatic nitrogens is 4. The summed E-state index contributed by atoms with van der Waals surface area (Å²) in [6.07, 6.45) is 3.16. The molecular weight excluding hydrogens is 619 g/mol. The van der Waals surface area contributed by atoms with E-state index in [1.54, 1.807) is 0 Å². The number of carbonyl (C=O) groups is 2. The van der Waals surface area contributed by atoms with Crippen LogP contribution in [0, 0.1) is 17.6 Å². The normalized spacial score (nSPS) is 16.6. The van der Waals surface area contributed by atoms with E-state index < -0.39 is 63.4 Å². The van der Waals surface area contributed by atoms with Crippen LogP contribution in [0.5, 0.6) is 5.75 Å². The summed E-state index contributed by atoms with van der Waals surface area (Å²) in [6, 6.07) is 2.16. The average Bonchev–Trinajstić information content (AvgIpc) is 3.36. The van der Waals surface area contributed by atoms with Gasteiger partial charge in [0.05, 0.1) is 35.9 Å². The number of phenols is 1. The summed E-state index contributed by atoms with van der Waals surface area (Å²) in [5.41, 5.74) is 3.25. The van der Waals surface area contributed by atoms with Gasteiger partial charge in [0.15, 0.2) is 11.6 Å². The van der Waals surface area contributed by atoms with Gasteiger partial charge in [-0.1, -0.05) is 11.6 Å². The third kappa shape index (κ3) is 5.35. The van der Waals surface area contributed by atoms with Crippen LogP contribution < -0.4 is 21.5 Å². The fourth-order valence-corrected chi connectivity index (χ4v) is 5.89. The molecule has 0 radical (unpaired) electrons. The zero-order chi connectivity index (χ0) is 32.2. The molecule has 236 valence electrons. The predicted molar refractivity (Wildman–Crippen MR) is 158 cm³/mol. The zero-order valence-corrected chi connectivity index (χ0v) is 24.6. The number of hydrogen-bond acceptors (Lipinski definition) is 8. The molecule has 2 aliphatic rings. The van der Waals surface area contributed by atoms with E-state index in [1.165, 1.54) is 21.4 Å². The second-order valence-electron chi connectivity index (χ2n) is 10.9.